The van der Waals surface area contributed by atoms with E-state index in [-0.39, 0.29) is 5.78 Å². The van der Waals surface area contributed by atoms with Gasteiger partial charge in [0.2, 0.25) is 0 Å². The number of nitrogens with one attached hydrogen (secondary N) is 1. The number of Topliss-reactive ketones (excluding diaryl/α,β-unsaturated/α-hetero) is 1. The molecule has 0 radical (unpaired) electrons. The molecule has 2 unspecified atom stereocenters. The molecule has 1 fully saturated rings. The third kappa shape index (κ3) is 3.65. The molecule has 1 saturated heterocycles. The molecule has 1 aliphatic rings. The van der Waals surface area contributed by atoms with Crippen molar-refractivity contribution in [1.82, 2.24) is 5.32 Å². The van der Waals surface area contributed by atoms with Crippen molar-refractivity contribution in [2.24, 2.45) is 5.92 Å². The van der Waals surface area contributed by atoms with E-state index in [0.717, 1.165) is 18.9 Å². The molecule has 1 aromatic carbocycles. The second-order valence-electron chi connectivity index (χ2n) is 5.27. The van der Waals surface area contributed by atoms with Gasteiger partial charge in [-0.25, -0.2) is 0 Å². The quantitative estimate of drug-likeness (QED) is 0.843. The van der Waals surface area contributed by atoms with Crippen LogP contribution in [0.2, 0.25) is 0 Å². The van der Waals surface area contributed by atoms with Crippen LogP contribution in [0, 0.1) is 17.2 Å². The summed E-state index contributed by atoms with van der Waals surface area (Å²) in [6, 6.07) is 9.28. The first-order chi connectivity index (χ1) is 9.22. The average molecular weight is 256 g/mol. The van der Waals surface area contributed by atoms with Gasteiger partial charge in [0, 0.05) is 18.0 Å². The lowest BCUT2D eigenvalue weighted by molar-refractivity contribution is 0.0957. The number of carbonyl (C=O) groups is 1. The first-order valence-electron chi connectivity index (χ1n) is 6.99. The first-order valence-corrected chi connectivity index (χ1v) is 6.99. The lowest BCUT2D eigenvalue weighted by Gasteiger charge is -2.29. The molecule has 1 N–H and O–H groups in total. The monoisotopic (exact) mass is 256 g/mol. The second kappa shape index (κ2) is 6.49. The van der Waals surface area contributed by atoms with E-state index in [4.69, 9.17) is 5.26 Å². The highest BCUT2D eigenvalue weighted by atomic mass is 16.1. The number of benzene rings is 1. The number of hydrogen-bond donors (Lipinski definition) is 1. The van der Waals surface area contributed by atoms with Crippen molar-refractivity contribution in [2.75, 3.05) is 6.54 Å². The Morgan fingerprint density at radius 3 is 2.79 bits per heavy atom. The highest BCUT2D eigenvalue weighted by molar-refractivity contribution is 5.96. The Morgan fingerprint density at radius 1 is 1.42 bits per heavy atom. The van der Waals surface area contributed by atoms with Crippen molar-refractivity contribution >= 4 is 5.78 Å². The van der Waals surface area contributed by atoms with Crippen LogP contribution >= 0.6 is 0 Å². The van der Waals surface area contributed by atoms with Crippen LogP contribution in [-0.2, 0) is 0 Å². The van der Waals surface area contributed by atoms with E-state index in [1.807, 2.05) is 0 Å². The number of hydrogen-bond acceptors (Lipinski definition) is 3. The van der Waals surface area contributed by atoms with Gasteiger partial charge in [-0.1, -0.05) is 25.5 Å². The summed E-state index contributed by atoms with van der Waals surface area (Å²) in [6.45, 7) is 3.24. The summed E-state index contributed by atoms with van der Waals surface area (Å²) in [5.74, 6) is 0.916. The zero-order chi connectivity index (χ0) is 13.7. The van der Waals surface area contributed by atoms with E-state index in [0.29, 0.717) is 23.6 Å². The molecule has 1 aliphatic heterocycles. The molecule has 100 valence electrons. The van der Waals surface area contributed by atoms with Gasteiger partial charge in [-0.3, -0.25) is 4.79 Å². The topological polar surface area (TPSA) is 52.9 Å². The Balaban J connectivity index is 1.94. The largest absolute Gasteiger partial charge is 0.314 e. The van der Waals surface area contributed by atoms with Gasteiger partial charge in [0.15, 0.2) is 5.78 Å². The maximum Gasteiger partial charge on any atom is 0.164 e. The number of carbonyl (C=O) groups excluding carboxylic acids is 1. The normalized spacial score (nSPS) is 22.7. The Labute approximate surface area is 114 Å². The lowest BCUT2D eigenvalue weighted by atomic mass is 9.87. The summed E-state index contributed by atoms with van der Waals surface area (Å²) in [5.41, 5.74) is 1.30. The van der Waals surface area contributed by atoms with Crippen LogP contribution in [0.15, 0.2) is 24.3 Å². The Morgan fingerprint density at radius 2 is 2.16 bits per heavy atom. The third-order valence-corrected chi connectivity index (χ3v) is 3.95. The van der Waals surface area contributed by atoms with Crippen molar-refractivity contribution in [1.29, 1.82) is 5.26 Å². The fraction of sp³-hybridized carbons (Fsp3) is 0.500. The zero-order valence-electron chi connectivity index (χ0n) is 11.4. The molecule has 2 atom stereocenters. The SMILES string of the molecule is CCC1CCNC(CC(=O)c2ccc(C#N)cc2)C1. The Kier molecular flexibility index (Phi) is 4.70. The fourth-order valence-electron chi connectivity index (χ4n) is 2.69. The number of rotatable bonds is 4. The predicted molar refractivity (Wildman–Crippen MR) is 74.9 cm³/mol. The van der Waals surface area contributed by atoms with E-state index in [1.165, 1.54) is 12.8 Å². The maximum absolute atomic E-state index is 12.2. The Hall–Kier alpha value is -1.66. The molecule has 1 heterocycles. The minimum Gasteiger partial charge on any atom is -0.314 e. The van der Waals surface area contributed by atoms with Crippen LogP contribution < -0.4 is 5.32 Å². The molecule has 0 aliphatic carbocycles. The Bertz CT molecular complexity index is 473. The summed E-state index contributed by atoms with van der Waals surface area (Å²) in [6.07, 6.45) is 4.07. The van der Waals surface area contributed by atoms with Gasteiger partial charge in [0.1, 0.15) is 0 Å². The summed E-state index contributed by atoms with van der Waals surface area (Å²) in [7, 11) is 0. The van der Waals surface area contributed by atoms with Gasteiger partial charge >= 0.3 is 0 Å². The van der Waals surface area contributed by atoms with Gasteiger partial charge in [0.05, 0.1) is 11.6 Å². The van der Waals surface area contributed by atoms with Crippen LogP contribution in [0.1, 0.15) is 48.5 Å². The van der Waals surface area contributed by atoms with Crippen molar-refractivity contribution in [3.63, 3.8) is 0 Å². The van der Waals surface area contributed by atoms with Crippen molar-refractivity contribution in [3.8, 4) is 6.07 Å². The number of nitriles is 1. The molecule has 0 aromatic heterocycles. The van der Waals surface area contributed by atoms with Crippen LogP contribution in [0.3, 0.4) is 0 Å². The molecular weight excluding hydrogens is 236 g/mol. The summed E-state index contributed by atoms with van der Waals surface area (Å²) in [4.78, 5) is 12.2. The van der Waals surface area contributed by atoms with Crippen LogP contribution in [0.25, 0.3) is 0 Å². The number of nitrogens with zero attached hydrogens (tertiary/aromatic N) is 1. The predicted octanol–water partition coefficient (Wildman–Crippen LogP) is 2.91. The van der Waals surface area contributed by atoms with Gasteiger partial charge in [0.25, 0.3) is 0 Å². The minimum atomic E-state index is 0.166. The van der Waals surface area contributed by atoms with E-state index in [2.05, 4.69) is 18.3 Å². The lowest BCUT2D eigenvalue weighted by Crippen LogP contribution is -2.39. The number of piperidine rings is 1. The van der Waals surface area contributed by atoms with Crippen molar-refractivity contribution in [2.45, 2.75) is 38.6 Å². The molecule has 19 heavy (non-hydrogen) atoms. The van der Waals surface area contributed by atoms with Gasteiger partial charge in [-0.05, 0) is 37.4 Å². The molecule has 0 amide bonds. The summed E-state index contributed by atoms with van der Waals surface area (Å²) in [5, 5.41) is 12.2. The van der Waals surface area contributed by atoms with Gasteiger partial charge in [-0.2, -0.15) is 5.26 Å². The second-order valence-corrected chi connectivity index (χ2v) is 5.27. The maximum atomic E-state index is 12.2. The van der Waals surface area contributed by atoms with E-state index in [9.17, 15) is 4.79 Å². The van der Waals surface area contributed by atoms with E-state index in [1.54, 1.807) is 24.3 Å². The molecule has 0 bridgehead atoms. The molecule has 0 spiro atoms. The minimum absolute atomic E-state index is 0.166. The van der Waals surface area contributed by atoms with Crippen LogP contribution in [-0.4, -0.2) is 18.4 Å². The molecule has 1 aromatic rings. The highest BCUT2D eigenvalue weighted by Gasteiger charge is 2.22. The number of ketones is 1. The third-order valence-electron chi connectivity index (χ3n) is 3.95. The standard InChI is InChI=1S/C16H20N2O/c1-2-12-7-8-18-15(9-12)10-16(19)14-5-3-13(11-17)4-6-14/h3-6,12,15,18H,2,7-10H2,1H3. The van der Waals surface area contributed by atoms with Crippen LogP contribution in [0.4, 0.5) is 0 Å². The van der Waals surface area contributed by atoms with Gasteiger partial charge in [-0.15, -0.1) is 0 Å². The summed E-state index contributed by atoms with van der Waals surface area (Å²) >= 11 is 0. The molecule has 3 heteroatoms. The van der Waals surface area contributed by atoms with E-state index < -0.39 is 0 Å². The molecule has 2 rings (SSSR count). The van der Waals surface area contributed by atoms with Crippen molar-refractivity contribution in [3.05, 3.63) is 35.4 Å². The smallest absolute Gasteiger partial charge is 0.164 e. The van der Waals surface area contributed by atoms with E-state index >= 15 is 0 Å². The molecule has 3 nitrogen and oxygen atoms in total. The van der Waals surface area contributed by atoms with Crippen LogP contribution in [0.5, 0.6) is 0 Å². The highest BCUT2D eigenvalue weighted by Crippen LogP contribution is 2.22. The first kappa shape index (κ1) is 13.8. The zero-order valence-corrected chi connectivity index (χ0v) is 11.4. The fourth-order valence-corrected chi connectivity index (χ4v) is 2.69. The van der Waals surface area contributed by atoms with Gasteiger partial charge < -0.3 is 5.32 Å². The molecular formula is C16H20N2O. The molecule has 0 saturated carbocycles. The van der Waals surface area contributed by atoms with Crippen molar-refractivity contribution < 1.29 is 4.79 Å². The average Bonchev–Trinajstić information content (AvgIpc) is 2.47. The summed E-state index contributed by atoms with van der Waals surface area (Å²) < 4.78 is 0.